The van der Waals surface area contributed by atoms with Gasteiger partial charge in [0.15, 0.2) is 5.79 Å². The molecule has 4 nitrogen and oxygen atoms in total. The minimum Gasteiger partial charge on any atom is -0.396 e. The van der Waals surface area contributed by atoms with Gasteiger partial charge in [0.05, 0.1) is 12.2 Å². The summed E-state index contributed by atoms with van der Waals surface area (Å²) in [6.07, 6.45) is 1.91. The molecule has 0 aromatic heterocycles. The summed E-state index contributed by atoms with van der Waals surface area (Å²) in [6, 6.07) is 0. The summed E-state index contributed by atoms with van der Waals surface area (Å²) in [5.74, 6) is -0.368. The fourth-order valence-corrected chi connectivity index (χ4v) is 2.62. The van der Waals surface area contributed by atoms with Gasteiger partial charge >= 0.3 is 0 Å². The van der Waals surface area contributed by atoms with E-state index in [-0.39, 0.29) is 30.8 Å². The van der Waals surface area contributed by atoms with Crippen LogP contribution in [0.1, 0.15) is 26.7 Å². The Bertz CT molecular complexity index is 207. The van der Waals surface area contributed by atoms with E-state index in [1.165, 1.54) is 0 Å². The van der Waals surface area contributed by atoms with E-state index in [0.717, 1.165) is 12.8 Å². The highest BCUT2D eigenvalue weighted by molar-refractivity contribution is 4.95. The van der Waals surface area contributed by atoms with E-state index >= 15 is 0 Å². The van der Waals surface area contributed by atoms with Gasteiger partial charge in [-0.15, -0.1) is 0 Å². The van der Waals surface area contributed by atoms with Crippen molar-refractivity contribution in [2.24, 2.45) is 5.92 Å². The Morgan fingerprint density at radius 1 is 1.27 bits per heavy atom. The van der Waals surface area contributed by atoms with E-state index in [0.29, 0.717) is 0 Å². The molecule has 4 heteroatoms. The molecule has 1 aliphatic carbocycles. The van der Waals surface area contributed by atoms with Crippen LogP contribution in [0.3, 0.4) is 0 Å². The summed E-state index contributed by atoms with van der Waals surface area (Å²) in [5.41, 5.74) is 0. The Labute approximate surface area is 90.5 Å². The van der Waals surface area contributed by atoms with Crippen molar-refractivity contribution in [1.82, 2.24) is 0 Å². The number of hydrogen-bond donors (Lipinski definition) is 1. The lowest BCUT2D eigenvalue weighted by Crippen LogP contribution is -2.46. The normalized spacial score (nSPS) is 44.0. The molecule has 0 spiro atoms. The van der Waals surface area contributed by atoms with E-state index in [1.54, 1.807) is 7.11 Å². The van der Waals surface area contributed by atoms with Crippen LogP contribution in [0.4, 0.5) is 0 Å². The molecule has 2 aliphatic rings. The zero-order valence-corrected chi connectivity index (χ0v) is 9.60. The van der Waals surface area contributed by atoms with Crippen molar-refractivity contribution in [1.29, 1.82) is 0 Å². The molecular formula is C11H20O4. The zero-order chi connectivity index (χ0) is 11.1. The molecule has 4 atom stereocenters. The van der Waals surface area contributed by atoms with Gasteiger partial charge in [-0.1, -0.05) is 0 Å². The number of aliphatic hydroxyl groups excluding tert-OH is 1. The first kappa shape index (κ1) is 11.3. The molecule has 0 aromatic carbocycles. The molecule has 15 heavy (non-hydrogen) atoms. The molecule has 1 heterocycles. The molecule has 0 bridgehead atoms. The van der Waals surface area contributed by atoms with Gasteiger partial charge in [-0.3, -0.25) is 0 Å². The van der Waals surface area contributed by atoms with E-state index in [4.69, 9.17) is 14.2 Å². The molecule has 1 saturated heterocycles. The number of fused-ring (bicyclic) bond motifs is 1. The van der Waals surface area contributed by atoms with Gasteiger partial charge in [-0.05, 0) is 26.7 Å². The summed E-state index contributed by atoms with van der Waals surface area (Å²) in [5, 5.41) is 9.29. The Kier molecular flexibility index (Phi) is 3.03. The van der Waals surface area contributed by atoms with Crippen molar-refractivity contribution in [3.05, 3.63) is 0 Å². The number of aliphatic hydroxyl groups is 1. The number of rotatable bonds is 2. The average Bonchev–Trinajstić information content (AvgIpc) is 2.51. The van der Waals surface area contributed by atoms with Crippen LogP contribution < -0.4 is 0 Å². The standard InChI is InChI=1S/C11H20O4/c1-11(2)14-9-7(6-12)4-5-8(13-3)10(9)15-11/h7-10,12H,4-6H2,1-3H3/t7-,8-,9+,10+/m0/s1. The molecule has 0 aromatic rings. The van der Waals surface area contributed by atoms with Gasteiger partial charge < -0.3 is 19.3 Å². The maximum Gasteiger partial charge on any atom is 0.163 e. The summed E-state index contributed by atoms with van der Waals surface area (Å²) in [6.45, 7) is 3.98. The highest BCUT2D eigenvalue weighted by Crippen LogP contribution is 2.40. The minimum atomic E-state index is -0.552. The topological polar surface area (TPSA) is 47.9 Å². The van der Waals surface area contributed by atoms with Gasteiger partial charge in [-0.25, -0.2) is 0 Å². The molecule has 0 amide bonds. The van der Waals surface area contributed by atoms with Crippen molar-refractivity contribution >= 4 is 0 Å². The lowest BCUT2D eigenvalue weighted by atomic mass is 9.83. The number of hydrogen-bond acceptors (Lipinski definition) is 4. The smallest absolute Gasteiger partial charge is 0.163 e. The summed E-state index contributed by atoms with van der Waals surface area (Å²) in [4.78, 5) is 0. The van der Waals surface area contributed by atoms with Crippen LogP contribution in [0.15, 0.2) is 0 Å². The van der Waals surface area contributed by atoms with E-state index < -0.39 is 5.79 Å². The van der Waals surface area contributed by atoms with Crippen molar-refractivity contribution in [2.75, 3.05) is 13.7 Å². The van der Waals surface area contributed by atoms with Crippen LogP contribution >= 0.6 is 0 Å². The van der Waals surface area contributed by atoms with Crippen LogP contribution in [0, 0.1) is 5.92 Å². The fraction of sp³-hybridized carbons (Fsp3) is 1.00. The van der Waals surface area contributed by atoms with Crippen LogP contribution in [0.25, 0.3) is 0 Å². The second-order valence-corrected chi connectivity index (χ2v) is 4.86. The van der Waals surface area contributed by atoms with Crippen LogP contribution in [-0.2, 0) is 14.2 Å². The van der Waals surface area contributed by atoms with Crippen LogP contribution in [0.2, 0.25) is 0 Å². The predicted molar refractivity (Wildman–Crippen MR) is 54.4 cm³/mol. The monoisotopic (exact) mass is 216 g/mol. The molecule has 1 aliphatic heterocycles. The summed E-state index contributed by atoms with van der Waals surface area (Å²) >= 11 is 0. The van der Waals surface area contributed by atoms with Crippen molar-refractivity contribution < 1.29 is 19.3 Å². The van der Waals surface area contributed by atoms with E-state index in [9.17, 15) is 5.11 Å². The highest BCUT2D eigenvalue weighted by atomic mass is 16.8. The first-order valence-electron chi connectivity index (χ1n) is 5.56. The van der Waals surface area contributed by atoms with Crippen molar-refractivity contribution in [3.8, 4) is 0 Å². The molecule has 1 N–H and O–H groups in total. The van der Waals surface area contributed by atoms with E-state index in [2.05, 4.69) is 0 Å². The predicted octanol–water partition coefficient (Wildman–Crippen LogP) is 0.924. The third-order valence-corrected chi connectivity index (χ3v) is 3.35. The first-order valence-corrected chi connectivity index (χ1v) is 5.56. The minimum absolute atomic E-state index is 0.0244. The quantitative estimate of drug-likeness (QED) is 0.745. The van der Waals surface area contributed by atoms with E-state index in [1.807, 2.05) is 13.8 Å². The lowest BCUT2D eigenvalue weighted by Gasteiger charge is -2.35. The van der Waals surface area contributed by atoms with Crippen LogP contribution in [-0.4, -0.2) is 42.9 Å². The van der Waals surface area contributed by atoms with Crippen LogP contribution in [0.5, 0.6) is 0 Å². The maximum absolute atomic E-state index is 9.29. The lowest BCUT2D eigenvalue weighted by molar-refractivity contribution is -0.156. The van der Waals surface area contributed by atoms with Crippen molar-refractivity contribution in [2.45, 2.75) is 50.8 Å². The summed E-state index contributed by atoms with van der Waals surface area (Å²) < 4.78 is 17.1. The molecular weight excluding hydrogens is 196 g/mol. The largest absolute Gasteiger partial charge is 0.396 e. The van der Waals surface area contributed by atoms with Gasteiger partial charge in [0.1, 0.15) is 6.10 Å². The SMILES string of the molecule is CO[C@H]1CC[C@@H](CO)[C@H]2OC(C)(C)O[C@@H]21. The van der Waals surface area contributed by atoms with Gasteiger partial charge in [0.2, 0.25) is 0 Å². The molecule has 1 saturated carbocycles. The molecule has 0 radical (unpaired) electrons. The second kappa shape index (κ2) is 4.01. The Balaban J connectivity index is 2.14. The van der Waals surface area contributed by atoms with Gasteiger partial charge in [0.25, 0.3) is 0 Å². The Morgan fingerprint density at radius 3 is 2.53 bits per heavy atom. The van der Waals surface area contributed by atoms with Crippen molar-refractivity contribution in [3.63, 3.8) is 0 Å². The number of ether oxygens (including phenoxy) is 3. The molecule has 88 valence electrons. The Hall–Kier alpha value is -0.160. The molecule has 2 rings (SSSR count). The highest BCUT2D eigenvalue weighted by Gasteiger charge is 2.50. The third-order valence-electron chi connectivity index (χ3n) is 3.35. The summed E-state index contributed by atoms with van der Waals surface area (Å²) in [7, 11) is 1.70. The third kappa shape index (κ3) is 2.04. The van der Waals surface area contributed by atoms with Gasteiger partial charge in [-0.2, -0.15) is 0 Å². The zero-order valence-electron chi connectivity index (χ0n) is 9.60. The Morgan fingerprint density at radius 2 is 1.93 bits per heavy atom. The maximum atomic E-state index is 9.29. The average molecular weight is 216 g/mol. The fourth-order valence-electron chi connectivity index (χ4n) is 2.62. The first-order chi connectivity index (χ1) is 7.07. The second-order valence-electron chi connectivity index (χ2n) is 4.86. The molecule has 2 fully saturated rings. The molecule has 0 unspecified atom stereocenters. The number of methoxy groups -OCH3 is 1. The van der Waals surface area contributed by atoms with Gasteiger partial charge in [0, 0.05) is 19.6 Å².